The Labute approximate surface area is 119 Å². The van der Waals surface area contributed by atoms with E-state index in [-0.39, 0.29) is 5.78 Å². The molecular formula is C17H19N2O+. The molecule has 3 nitrogen and oxygen atoms in total. The molecule has 0 radical (unpaired) electrons. The molecule has 0 amide bonds. The fourth-order valence-corrected chi connectivity index (χ4v) is 2.70. The van der Waals surface area contributed by atoms with Gasteiger partial charge in [-0.3, -0.25) is 4.79 Å². The molecule has 0 atom stereocenters. The number of rotatable bonds is 3. The first-order valence-corrected chi connectivity index (χ1v) is 6.99. The molecule has 0 bridgehead atoms. The van der Waals surface area contributed by atoms with Crippen LogP contribution in [-0.2, 0) is 6.54 Å². The highest BCUT2D eigenvalue weighted by Gasteiger charge is 2.23. The first kappa shape index (κ1) is 12.9. The molecule has 0 saturated heterocycles. The molecule has 0 aliphatic carbocycles. The van der Waals surface area contributed by atoms with E-state index in [4.69, 9.17) is 0 Å². The van der Waals surface area contributed by atoms with Crippen LogP contribution in [0.15, 0.2) is 42.6 Å². The van der Waals surface area contributed by atoms with Crippen LogP contribution in [0.25, 0.3) is 0 Å². The van der Waals surface area contributed by atoms with E-state index in [1.54, 1.807) is 0 Å². The van der Waals surface area contributed by atoms with Crippen molar-refractivity contribution in [3.8, 4) is 0 Å². The first-order chi connectivity index (χ1) is 9.65. The number of aromatic nitrogens is 1. The predicted octanol–water partition coefficient (Wildman–Crippen LogP) is 2.51. The number of hydrogen-bond acceptors (Lipinski definition) is 1. The van der Waals surface area contributed by atoms with Gasteiger partial charge in [-0.1, -0.05) is 29.8 Å². The standard InChI is InChI=1S/C17H19N2O/c1-13-5-7-15(8-6-13)17(20)12-19-11-10-18-9-3-4-16(18)14(19)2/h3-9H,10-12H2,1-2H3/q+1. The Morgan fingerprint density at radius 2 is 1.95 bits per heavy atom. The van der Waals surface area contributed by atoms with Crippen LogP contribution in [0.5, 0.6) is 0 Å². The van der Waals surface area contributed by atoms with Crippen molar-refractivity contribution < 1.29 is 9.37 Å². The molecule has 1 aliphatic rings. The maximum atomic E-state index is 12.4. The summed E-state index contributed by atoms with van der Waals surface area (Å²) in [5.74, 6) is 0.185. The third-order valence-corrected chi connectivity index (χ3v) is 3.99. The van der Waals surface area contributed by atoms with Gasteiger partial charge < -0.3 is 4.57 Å². The molecule has 0 unspecified atom stereocenters. The van der Waals surface area contributed by atoms with Crippen LogP contribution in [-0.4, -0.2) is 33.7 Å². The van der Waals surface area contributed by atoms with Crippen molar-refractivity contribution >= 4 is 11.5 Å². The number of carbonyl (C=O) groups excluding carboxylic acids is 1. The summed E-state index contributed by atoms with van der Waals surface area (Å²) in [6.45, 7) is 6.42. The van der Waals surface area contributed by atoms with Crippen molar-refractivity contribution in [2.75, 3.05) is 13.1 Å². The maximum Gasteiger partial charge on any atom is 0.227 e. The quantitative estimate of drug-likeness (QED) is 0.619. The lowest BCUT2D eigenvalue weighted by atomic mass is 10.1. The van der Waals surface area contributed by atoms with Gasteiger partial charge in [0.15, 0.2) is 12.3 Å². The highest BCUT2D eigenvalue weighted by molar-refractivity contribution is 5.99. The summed E-state index contributed by atoms with van der Waals surface area (Å²) in [4.78, 5) is 12.4. The molecular weight excluding hydrogens is 248 g/mol. The van der Waals surface area contributed by atoms with Gasteiger partial charge in [0, 0.05) is 18.7 Å². The number of Topliss-reactive ketones (excluding diaryl/α,β-unsaturated/α-hetero) is 1. The smallest absolute Gasteiger partial charge is 0.227 e. The summed E-state index contributed by atoms with van der Waals surface area (Å²) < 4.78 is 4.42. The summed E-state index contributed by atoms with van der Waals surface area (Å²) in [5.41, 5.74) is 4.37. The number of carbonyl (C=O) groups is 1. The van der Waals surface area contributed by atoms with Crippen molar-refractivity contribution in [3.05, 3.63) is 59.4 Å². The van der Waals surface area contributed by atoms with Crippen LogP contribution in [0, 0.1) is 6.92 Å². The molecule has 1 aromatic carbocycles. The Kier molecular flexibility index (Phi) is 3.26. The molecule has 0 fully saturated rings. The number of fused-ring (bicyclic) bond motifs is 1. The Morgan fingerprint density at radius 1 is 1.20 bits per heavy atom. The van der Waals surface area contributed by atoms with Crippen molar-refractivity contribution in [2.24, 2.45) is 0 Å². The second-order valence-corrected chi connectivity index (χ2v) is 5.38. The van der Waals surface area contributed by atoms with Crippen molar-refractivity contribution in [1.29, 1.82) is 0 Å². The van der Waals surface area contributed by atoms with E-state index in [2.05, 4.69) is 34.4 Å². The number of aryl methyl sites for hydroxylation is 1. The molecule has 0 spiro atoms. The summed E-state index contributed by atoms with van der Waals surface area (Å²) >= 11 is 0. The highest BCUT2D eigenvalue weighted by Crippen LogP contribution is 2.10. The maximum absolute atomic E-state index is 12.4. The number of ketones is 1. The van der Waals surface area contributed by atoms with Gasteiger partial charge in [0.25, 0.3) is 0 Å². The number of hydrogen-bond donors (Lipinski definition) is 0. The van der Waals surface area contributed by atoms with E-state index in [1.165, 1.54) is 17.0 Å². The molecule has 1 aromatic heterocycles. The van der Waals surface area contributed by atoms with Crippen LogP contribution < -0.4 is 0 Å². The molecule has 102 valence electrons. The summed E-state index contributed by atoms with van der Waals surface area (Å²) in [6.07, 6.45) is 2.10. The van der Waals surface area contributed by atoms with E-state index >= 15 is 0 Å². The predicted molar refractivity (Wildman–Crippen MR) is 79.7 cm³/mol. The normalized spacial score (nSPS) is 14.3. The van der Waals surface area contributed by atoms with Crippen LogP contribution in [0.2, 0.25) is 0 Å². The van der Waals surface area contributed by atoms with Gasteiger partial charge in [-0.05, 0) is 19.1 Å². The lowest BCUT2D eigenvalue weighted by molar-refractivity contribution is -0.518. The topological polar surface area (TPSA) is 25.0 Å². The summed E-state index contributed by atoms with van der Waals surface area (Å²) in [5, 5.41) is 0. The van der Waals surface area contributed by atoms with Crippen LogP contribution in [0.4, 0.5) is 0 Å². The van der Waals surface area contributed by atoms with Gasteiger partial charge in [-0.2, -0.15) is 0 Å². The fraction of sp³-hybridized carbons (Fsp3) is 0.294. The van der Waals surface area contributed by atoms with Gasteiger partial charge in [0.2, 0.25) is 12.3 Å². The second-order valence-electron chi connectivity index (χ2n) is 5.38. The Bertz CT molecular complexity index is 677. The van der Waals surface area contributed by atoms with Gasteiger partial charge in [0.1, 0.15) is 5.69 Å². The third kappa shape index (κ3) is 2.31. The van der Waals surface area contributed by atoms with Crippen LogP contribution >= 0.6 is 0 Å². The van der Waals surface area contributed by atoms with Gasteiger partial charge >= 0.3 is 0 Å². The average Bonchev–Trinajstić information content (AvgIpc) is 2.92. The Balaban J connectivity index is 1.83. The van der Waals surface area contributed by atoms with Crippen molar-refractivity contribution in [2.45, 2.75) is 20.4 Å². The van der Waals surface area contributed by atoms with Crippen LogP contribution in [0.3, 0.4) is 0 Å². The SMILES string of the molecule is CC1=[N+](CC(=O)c2ccc(C)cc2)CCn2cccc21. The molecule has 0 N–H and O–H groups in total. The van der Waals surface area contributed by atoms with E-state index in [1.807, 2.05) is 31.2 Å². The Morgan fingerprint density at radius 3 is 2.70 bits per heavy atom. The molecule has 20 heavy (non-hydrogen) atoms. The van der Waals surface area contributed by atoms with E-state index in [0.717, 1.165) is 18.7 Å². The molecule has 3 heteroatoms. The largest absolute Gasteiger partial charge is 0.337 e. The van der Waals surface area contributed by atoms with Gasteiger partial charge in [0.05, 0.1) is 6.54 Å². The van der Waals surface area contributed by atoms with E-state index in [9.17, 15) is 4.79 Å². The minimum Gasteiger partial charge on any atom is -0.337 e. The minimum atomic E-state index is 0.185. The third-order valence-electron chi connectivity index (χ3n) is 3.99. The second kappa shape index (κ2) is 5.08. The van der Waals surface area contributed by atoms with Crippen LogP contribution in [0.1, 0.15) is 28.5 Å². The summed E-state index contributed by atoms with van der Waals surface area (Å²) in [6, 6.07) is 12.0. The molecule has 3 rings (SSSR count). The number of nitrogens with zero attached hydrogens (tertiary/aromatic N) is 2. The summed E-state index contributed by atoms with van der Waals surface area (Å²) in [7, 11) is 0. The minimum absolute atomic E-state index is 0.185. The van der Waals surface area contributed by atoms with Crippen molar-refractivity contribution in [1.82, 2.24) is 4.57 Å². The molecule has 0 saturated carbocycles. The first-order valence-electron chi connectivity index (χ1n) is 6.99. The molecule has 1 aliphatic heterocycles. The zero-order valence-electron chi connectivity index (χ0n) is 12.0. The zero-order chi connectivity index (χ0) is 14.1. The number of benzene rings is 1. The van der Waals surface area contributed by atoms with Gasteiger partial charge in [-0.15, -0.1) is 0 Å². The highest BCUT2D eigenvalue weighted by atomic mass is 16.1. The van der Waals surface area contributed by atoms with E-state index in [0.29, 0.717) is 6.54 Å². The fourth-order valence-electron chi connectivity index (χ4n) is 2.70. The Hall–Kier alpha value is -2.16. The lowest BCUT2D eigenvalue weighted by Gasteiger charge is -2.15. The average molecular weight is 267 g/mol. The van der Waals surface area contributed by atoms with Gasteiger partial charge in [-0.25, -0.2) is 4.58 Å². The van der Waals surface area contributed by atoms with Crippen molar-refractivity contribution in [3.63, 3.8) is 0 Å². The molecule has 2 aromatic rings. The monoisotopic (exact) mass is 267 g/mol. The molecule has 2 heterocycles. The lowest BCUT2D eigenvalue weighted by Crippen LogP contribution is -2.34. The van der Waals surface area contributed by atoms with E-state index < -0.39 is 0 Å². The zero-order valence-corrected chi connectivity index (χ0v) is 12.0.